The van der Waals surface area contributed by atoms with Gasteiger partial charge in [-0.15, -0.1) is 0 Å². The Kier molecular flexibility index (Phi) is 4.20. The third kappa shape index (κ3) is 3.01. The molecular formula is C17H21N5OS. The maximum absolute atomic E-state index is 5.80. The number of nitrogens with zero attached hydrogens (tertiary/aromatic N) is 4. The Hall–Kier alpha value is -1.99. The van der Waals surface area contributed by atoms with Gasteiger partial charge in [-0.1, -0.05) is 6.92 Å². The predicted molar refractivity (Wildman–Crippen MR) is 92.9 cm³/mol. The molecule has 0 fully saturated rings. The van der Waals surface area contributed by atoms with Gasteiger partial charge in [-0.25, -0.2) is 14.6 Å². The Bertz CT molecular complexity index is 820. The van der Waals surface area contributed by atoms with Crippen molar-refractivity contribution in [3.63, 3.8) is 0 Å². The first-order valence-electron chi connectivity index (χ1n) is 8.37. The number of hydrogen-bond donors (Lipinski definition) is 1. The summed E-state index contributed by atoms with van der Waals surface area (Å²) in [5.41, 5.74) is 2.03. The largest absolute Gasteiger partial charge is 0.441 e. The zero-order valence-electron chi connectivity index (χ0n) is 14.0. The van der Waals surface area contributed by atoms with Crippen molar-refractivity contribution in [1.29, 1.82) is 0 Å². The molecule has 3 aromatic heterocycles. The highest BCUT2D eigenvalue weighted by molar-refractivity contribution is 7.08. The lowest BCUT2D eigenvalue weighted by Gasteiger charge is -2.23. The summed E-state index contributed by atoms with van der Waals surface area (Å²) in [7, 11) is 0. The maximum atomic E-state index is 5.80. The molecule has 1 aliphatic heterocycles. The van der Waals surface area contributed by atoms with Crippen LogP contribution < -0.4 is 5.32 Å². The summed E-state index contributed by atoms with van der Waals surface area (Å²) in [6.45, 7) is 5.66. The van der Waals surface area contributed by atoms with Gasteiger partial charge in [0.25, 0.3) is 0 Å². The van der Waals surface area contributed by atoms with Gasteiger partial charge in [0.1, 0.15) is 11.6 Å². The molecule has 126 valence electrons. The van der Waals surface area contributed by atoms with Crippen LogP contribution in [0.25, 0.3) is 11.5 Å². The lowest BCUT2D eigenvalue weighted by Crippen LogP contribution is -2.37. The van der Waals surface area contributed by atoms with Crippen molar-refractivity contribution in [3.05, 3.63) is 39.9 Å². The van der Waals surface area contributed by atoms with Gasteiger partial charge in [0, 0.05) is 36.4 Å². The Labute approximate surface area is 144 Å². The highest BCUT2D eigenvalue weighted by atomic mass is 32.1. The van der Waals surface area contributed by atoms with Gasteiger partial charge < -0.3 is 9.73 Å². The van der Waals surface area contributed by atoms with E-state index in [0.29, 0.717) is 11.9 Å². The van der Waals surface area contributed by atoms with Crippen LogP contribution in [0.5, 0.6) is 0 Å². The van der Waals surface area contributed by atoms with Crippen LogP contribution >= 0.6 is 11.3 Å². The number of hydrogen-bond acceptors (Lipinski definition) is 6. The number of nitrogens with one attached hydrogen (secondary N) is 1. The van der Waals surface area contributed by atoms with Crippen LogP contribution in [0, 0.1) is 6.92 Å². The summed E-state index contributed by atoms with van der Waals surface area (Å²) in [5, 5.41) is 12.3. The molecule has 0 aromatic carbocycles. The lowest BCUT2D eigenvalue weighted by atomic mass is 10.1. The topological polar surface area (TPSA) is 68.8 Å². The zero-order valence-corrected chi connectivity index (χ0v) is 14.8. The molecule has 1 aliphatic rings. The molecule has 0 radical (unpaired) electrons. The Balaban J connectivity index is 1.41. The zero-order chi connectivity index (χ0) is 16.5. The summed E-state index contributed by atoms with van der Waals surface area (Å²) < 4.78 is 7.85. The van der Waals surface area contributed by atoms with Gasteiger partial charge in [0.2, 0.25) is 5.89 Å². The van der Waals surface area contributed by atoms with Gasteiger partial charge in [0.05, 0.1) is 12.2 Å². The minimum atomic E-state index is 0.393. The lowest BCUT2D eigenvalue weighted by molar-refractivity contribution is 0.355. The van der Waals surface area contributed by atoms with Crippen LogP contribution in [-0.4, -0.2) is 25.8 Å². The molecule has 1 N–H and O–H groups in total. The molecule has 4 heterocycles. The molecule has 0 amide bonds. The highest BCUT2D eigenvalue weighted by Crippen LogP contribution is 2.24. The van der Waals surface area contributed by atoms with E-state index in [0.717, 1.165) is 61.0 Å². The van der Waals surface area contributed by atoms with E-state index in [1.807, 2.05) is 23.1 Å². The SMILES string of the molecule is CCc1nc2n(n1)C[C@H](NCc1nc(-c3ccsc3)oc1C)CC2. The smallest absolute Gasteiger partial charge is 0.227 e. The molecule has 24 heavy (non-hydrogen) atoms. The molecule has 0 saturated carbocycles. The van der Waals surface area contributed by atoms with Crippen LogP contribution in [0.3, 0.4) is 0 Å². The van der Waals surface area contributed by atoms with Crippen molar-refractivity contribution in [2.45, 2.75) is 52.2 Å². The first-order chi connectivity index (χ1) is 11.7. The number of oxazole rings is 1. The molecule has 0 aliphatic carbocycles. The van der Waals surface area contributed by atoms with E-state index in [2.05, 4.69) is 32.7 Å². The standard InChI is InChI=1S/C17H21N5OS/c1-3-15-20-16-5-4-13(9-22(16)21-15)18-8-14-11(2)23-17(19-14)12-6-7-24-10-12/h6-7,10,13,18H,3-5,8-9H2,1-2H3/t13-/m1/s1. The van der Waals surface area contributed by atoms with E-state index < -0.39 is 0 Å². The van der Waals surface area contributed by atoms with E-state index >= 15 is 0 Å². The van der Waals surface area contributed by atoms with Gasteiger partial charge in [-0.3, -0.25) is 0 Å². The summed E-state index contributed by atoms with van der Waals surface area (Å²) in [4.78, 5) is 9.21. The molecule has 7 heteroatoms. The second-order valence-electron chi connectivity index (χ2n) is 6.13. The predicted octanol–water partition coefficient (Wildman–Crippen LogP) is 2.97. The third-order valence-corrected chi connectivity index (χ3v) is 5.12. The van der Waals surface area contributed by atoms with E-state index in [1.165, 1.54) is 0 Å². The fourth-order valence-corrected chi connectivity index (χ4v) is 3.65. The molecule has 3 aromatic rings. The summed E-state index contributed by atoms with van der Waals surface area (Å²) in [5.74, 6) is 3.65. The Morgan fingerprint density at radius 2 is 2.33 bits per heavy atom. The van der Waals surface area contributed by atoms with Crippen molar-refractivity contribution in [2.24, 2.45) is 0 Å². The summed E-state index contributed by atoms with van der Waals surface area (Å²) >= 11 is 1.65. The quantitative estimate of drug-likeness (QED) is 0.771. The number of aryl methyl sites for hydroxylation is 3. The van der Waals surface area contributed by atoms with Gasteiger partial charge in [-0.2, -0.15) is 16.4 Å². The van der Waals surface area contributed by atoms with Crippen molar-refractivity contribution in [3.8, 4) is 11.5 Å². The van der Waals surface area contributed by atoms with Crippen molar-refractivity contribution >= 4 is 11.3 Å². The van der Waals surface area contributed by atoms with Crippen LogP contribution in [0.15, 0.2) is 21.2 Å². The first kappa shape index (κ1) is 15.5. The summed E-state index contributed by atoms with van der Waals surface area (Å²) in [6, 6.07) is 2.43. The second-order valence-corrected chi connectivity index (χ2v) is 6.91. The van der Waals surface area contributed by atoms with Crippen molar-refractivity contribution in [1.82, 2.24) is 25.1 Å². The van der Waals surface area contributed by atoms with E-state index in [9.17, 15) is 0 Å². The average molecular weight is 343 g/mol. The van der Waals surface area contributed by atoms with E-state index in [1.54, 1.807) is 11.3 Å². The normalized spacial score (nSPS) is 17.2. The minimum absolute atomic E-state index is 0.393. The second kappa shape index (κ2) is 6.49. The van der Waals surface area contributed by atoms with Crippen molar-refractivity contribution in [2.75, 3.05) is 0 Å². The molecule has 1 atom stereocenters. The molecule has 4 rings (SSSR count). The highest BCUT2D eigenvalue weighted by Gasteiger charge is 2.21. The van der Waals surface area contributed by atoms with Gasteiger partial charge >= 0.3 is 0 Å². The first-order valence-corrected chi connectivity index (χ1v) is 9.32. The van der Waals surface area contributed by atoms with Crippen LogP contribution in [0.1, 0.15) is 36.4 Å². The van der Waals surface area contributed by atoms with Gasteiger partial charge in [0.15, 0.2) is 5.82 Å². The van der Waals surface area contributed by atoms with Crippen LogP contribution in [0.2, 0.25) is 0 Å². The molecule has 0 bridgehead atoms. The number of aromatic nitrogens is 4. The van der Waals surface area contributed by atoms with E-state index in [4.69, 9.17) is 4.42 Å². The average Bonchev–Trinajstić information content (AvgIpc) is 3.31. The van der Waals surface area contributed by atoms with Crippen LogP contribution in [0.4, 0.5) is 0 Å². The molecule has 0 unspecified atom stereocenters. The van der Waals surface area contributed by atoms with Gasteiger partial charge in [-0.05, 0) is 24.8 Å². The summed E-state index contributed by atoms with van der Waals surface area (Å²) in [6.07, 6.45) is 2.94. The van der Waals surface area contributed by atoms with E-state index in [-0.39, 0.29) is 0 Å². The molecular weight excluding hydrogens is 322 g/mol. The Morgan fingerprint density at radius 3 is 3.12 bits per heavy atom. The van der Waals surface area contributed by atoms with Crippen LogP contribution in [-0.2, 0) is 25.9 Å². The minimum Gasteiger partial charge on any atom is -0.441 e. The van der Waals surface area contributed by atoms with Crippen molar-refractivity contribution < 1.29 is 4.42 Å². The fraction of sp³-hybridized carbons (Fsp3) is 0.471. The Morgan fingerprint density at radius 1 is 1.42 bits per heavy atom. The maximum Gasteiger partial charge on any atom is 0.227 e. The number of rotatable bonds is 5. The molecule has 0 saturated heterocycles. The monoisotopic (exact) mass is 343 g/mol. The number of thiophene rings is 1. The molecule has 6 nitrogen and oxygen atoms in total. The number of fused-ring (bicyclic) bond motifs is 1. The molecule has 0 spiro atoms. The fourth-order valence-electron chi connectivity index (χ4n) is 3.02. The third-order valence-electron chi connectivity index (χ3n) is 4.44.